The van der Waals surface area contributed by atoms with Crippen molar-refractivity contribution < 1.29 is 9.18 Å². The Kier molecular flexibility index (Phi) is 3.58. The highest BCUT2D eigenvalue weighted by atomic mass is 79.9. The summed E-state index contributed by atoms with van der Waals surface area (Å²) in [6.07, 6.45) is 1.73. The molecule has 0 heterocycles. The highest BCUT2D eigenvalue weighted by molar-refractivity contribution is 9.10. The number of hydrogen-bond acceptors (Lipinski definition) is 1. The van der Waals surface area contributed by atoms with Crippen molar-refractivity contribution in [1.29, 1.82) is 0 Å². The van der Waals surface area contributed by atoms with Crippen LogP contribution in [0.25, 0.3) is 6.08 Å². The van der Waals surface area contributed by atoms with Gasteiger partial charge in [-0.15, -0.1) is 0 Å². The second-order valence-corrected chi connectivity index (χ2v) is 3.90. The second-order valence-electron chi connectivity index (χ2n) is 3.05. The summed E-state index contributed by atoms with van der Waals surface area (Å²) in [7, 11) is 0. The van der Waals surface area contributed by atoms with Crippen LogP contribution in [0.4, 0.5) is 4.39 Å². The number of allylic oxidation sites excluding steroid dienone is 1. The smallest absolute Gasteiger partial charge is 0.155 e. The third-order valence-corrected chi connectivity index (χ3v) is 2.58. The van der Waals surface area contributed by atoms with Crippen LogP contribution in [0, 0.1) is 5.82 Å². The van der Waals surface area contributed by atoms with Crippen molar-refractivity contribution in [2.75, 3.05) is 0 Å². The van der Waals surface area contributed by atoms with E-state index in [2.05, 4.69) is 15.9 Å². The largest absolute Gasteiger partial charge is 0.295 e. The fourth-order valence-electron chi connectivity index (χ4n) is 0.953. The van der Waals surface area contributed by atoms with Crippen LogP contribution in [0.5, 0.6) is 0 Å². The van der Waals surface area contributed by atoms with Crippen LogP contribution < -0.4 is 0 Å². The first-order chi connectivity index (χ1) is 6.50. The number of carbonyl (C=O) groups is 1. The van der Waals surface area contributed by atoms with Gasteiger partial charge in [-0.1, -0.05) is 22.0 Å². The lowest BCUT2D eigenvalue weighted by atomic mass is 10.1. The van der Waals surface area contributed by atoms with Crippen LogP contribution >= 0.6 is 15.9 Å². The molecular formula is C11H10BrFO. The molecule has 1 aromatic rings. The minimum atomic E-state index is -0.297. The number of hydrogen-bond donors (Lipinski definition) is 0. The Morgan fingerprint density at radius 3 is 2.57 bits per heavy atom. The fourth-order valence-corrected chi connectivity index (χ4v) is 1.42. The van der Waals surface area contributed by atoms with Gasteiger partial charge in [0.15, 0.2) is 5.78 Å². The number of Topliss-reactive ketones (excluding diaryl/α,β-unsaturated/α-hetero) is 1. The van der Waals surface area contributed by atoms with Crippen molar-refractivity contribution in [1.82, 2.24) is 0 Å². The molecule has 1 nitrogen and oxygen atoms in total. The number of benzene rings is 1. The summed E-state index contributed by atoms with van der Waals surface area (Å²) in [4.78, 5) is 11.0. The monoisotopic (exact) mass is 256 g/mol. The lowest BCUT2D eigenvalue weighted by Gasteiger charge is -2.00. The molecule has 14 heavy (non-hydrogen) atoms. The average Bonchev–Trinajstić information content (AvgIpc) is 2.09. The Labute approximate surface area is 90.8 Å². The van der Waals surface area contributed by atoms with Gasteiger partial charge in [-0.3, -0.25) is 4.79 Å². The Morgan fingerprint density at radius 2 is 2.07 bits per heavy atom. The van der Waals surface area contributed by atoms with Crippen molar-refractivity contribution in [3.05, 3.63) is 39.6 Å². The van der Waals surface area contributed by atoms with Crippen molar-refractivity contribution in [2.24, 2.45) is 0 Å². The number of rotatable bonds is 2. The molecule has 0 aliphatic rings. The molecule has 1 rings (SSSR count). The predicted octanol–water partition coefficient (Wildman–Crippen LogP) is 3.58. The molecule has 0 aliphatic heterocycles. The minimum Gasteiger partial charge on any atom is -0.295 e. The maximum atomic E-state index is 12.7. The van der Waals surface area contributed by atoms with Gasteiger partial charge in [0.2, 0.25) is 0 Å². The molecule has 0 fully saturated rings. The molecule has 0 amide bonds. The molecule has 0 atom stereocenters. The number of ketones is 1. The highest BCUT2D eigenvalue weighted by Gasteiger charge is 2.01. The Bertz CT molecular complexity index is 396. The van der Waals surface area contributed by atoms with Gasteiger partial charge in [0.05, 0.1) is 0 Å². The molecule has 0 N–H and O–H groups in total. The van der Waals surface area contributed by atoms with Crippen molar-refractivity contribution in [3.63, 3.8) is 0 Å². The second kappa shape index (κ2) is 4.51. The molecule has 0 aromatic heterocycles. The van der Waals surface area contributed by atoms with Crippen LogP contribution in [0.3, 0.4) is 0 Å². The van der Waals surface area contributed by atoms with Gasteiger partial charge >= 0.3 is 0 Å². The SMILES string of the molecule is CC(=O)/C(C)=C/c1ccc(F)cc1Br. The van der Waals surface area contributed by atoms with Crippen LogP contribution in [0.2, 0.25) is 0 Å². The van der Waals surface area contributed by atoms with E-state index in [0.717, 1.165) is 5.56 Å². The first kappa shape index (κ1) is 11.1. The third-order valence-electron chi connectivity index (χ3n) is 1.89. The van der Waals surface area contributed by atoms with Gasteiger partial charge < -0.3 is 0 Å². The summed E-state index contributed by atoms with van der Waals surface area (Å²) >= 11 is 3.23. The predicted molar refractivity (Wildman–Crippen MR) is 58.4 cm³/mol. The van der Waals surface area contributed by atoms with Gasteiger partial charge in [0, 0.05) is 4.47 Å². The zero-order chi connectivity index (χ0) is 10.7. The Hall–Kier alpha value is -0.960. The Morgan fingerprint density at radius 1 is 1.43 bits per heavy atom. The van der Waals surface area contributed by atoms with Gasteiger partial charge in [-0.2, -0.15) is 0 Å². The maximum absolute atomic E-state index is 12.7. The summed E-state index contributed by atoms with van der Waals surface area (Å²) in [5, 5.41) is 0. The van der Waals surface area contributed by atoms with E-state index in [1.165, 1.54) is 19.1 Å². The molecular weight excluding hydrogens is 247 g/mol. The van der Waals surface area contributed by atoms with Crippen molar-refractivity contribution in [3.8, 4) is 0 Å². The topological polar surface area (TPSA) is 17.1 Å². The first-order valence-corrected chi connectivity index (χ1v) is 4.94. The molecule has 74 valence electrons. The molecule has 1 aromatic carbocycles. The molecule has 0 spiro atoms. The molecule has 0 aliphatic carbocycles. The van der Waals surface area contributed by atoms with Crippen LogP contribution in [-0.4, -0.2) is 5.78 Å². The fraction of sp³-hybridized carbons (Fsp3) is 0.182. The van der Waals surface area contributed by atoms with E-state index in [1.807, 2.05) is 0 Å². The van der Waals surface area contributed by atoms with Crippen LogP contribution in [0.1, 0.15) is 19.4 Å². The van der Waals surface area contributed by atoms with E-state index in [9.17, 15) is 9.18 Å². The van der Waals surface area contributed by atoms with E-state index < -0.39 is 0 Å². The lowest BCUT2D eigenvalue weighted by molar-refractivity contribution is -0.113. The van der Waals surface area contributed by atoms with Crippen LogP contribution in [0.15, 0.2) is 28.2 Å². The summed E-state index contributed by atoms with van der Waals surface area (Å²) in [6.45, 7) is 3.24. The average molecular weight is 257 g/mol. The van der Waals surface area contributed by atoms with Crippen molar-refractivity contribution >= 4 is 27.8 Å². The minimum absolute atomic E-state index is 0.0150. The molecule has 3 heteroatoms. The van der Waals surface area contributed by atoms with Crippen molar-refractivity contribution in [2.45, 2.75) is 13.8 Å². The normalized spacial score (nSPS) is 11.6. The summed E-state index contributed by atoms with van der Waals surface area (Å²) in [6, 6.07) is 4.37. The molecule has 0 saturated heterocycles. The highest BCUT2D eigenvalue weighted by Crippen LogP contribution is 2.20. The Balaban J connectivity index is 3.09. The van der Waals surface area contributed by atoms with E-state index >= 15 is 0 Å². The zero-order valence-corrected chi connectivity index (χ0v) is 9.56. The molecule has 0 saturated carbocycles. The summed E-state index contributed by atoms with van der Waals surface area (Å²) < 4.78 is 13.4. The van der Waals surface area contributed by atoms with E-state index in [0.29, 0.717) is 10.0 Å². The van der Waals surface area contributed by atoms with Gasteiger partial charge in [0.1, 0.15) is 5.82 Å². The maximum Gasteiger partial charge on any atom is 0.155 e. The van der Waals surface area contributed by atoms with E-state index in [-0.39, 0.29) is 11.6 Å². The number of halogens is 2. The van der Waals surface area contributed by atoms with E-state index in [4.69, 9.17) is 0 Å². The lowest BCUT2D eigenvalue weighted by Crippen LogP contribution is -1.91. The zero-order valence-electron chi connectivity index (χ0n) is 7.97. The van der Waals surface area contributed by atoms with Gasteiger partial charge in [-0.25, -0.2) is 4.39 Å². The van der Waals surface area contributed by atoms with E-state index in [1.54, 1.807) is 19.1 Å². The standard InChI is InChI=1S/C11H10BrFO/c1-7(8(2)14)5-9-3-4-10(13)6-11(9)12/h3-6H,1-2H3/b7-5+. The third kappa shape index (κ3) is 2.77. The van der Waals surface area contributed by atoms with Crippen LogP contribution in [-0.2, 0) is 4.79 Å². The quantitative estimate of drug-likeness (QED) is 0.740. The molecule has 0 radical (unpaired) electrons. The molecule has 0 bridgehead atoms. The van der Waals surface area contributed by atoms with Gasteiger partial charge in [-0.05, 0) is 43.2 Å². The summed E-state index contributed by atoms with van der Waals surface area (Å²) in [5.74, 6) is -0.282. The summed E-state index contributed by atoms with van der Waals surface area (Å²) in [5.41, 5.74) is 1.46. The molecule has 0 unspecified atom stereocenters. The van der Waals surface area contributed by atoms with Gasteiger partial charge in [0.25, 0.3) is 0 Å². The number of carbonyl (C=O) groups excluding carboxylic acids is 1. The first-order valence-electron chi connectivity index (χ1n) is 4.15.